The predicted octanol–water partition coefficient (Wildman–Crippen LogP) is 0.373. The number of nitrogens with one attached hydrogen (secondary N) is 2. The number of H-pyrrole nitrogens is 1. The van der Waals surface area contributed by atoms with E-state index in [0.717, 1.165) is 16.0 Å². The highest BCUT2D eigenvalue weighted by molar-refractivity contribution is 5.90. The van der Waals surface area contributed by atoms with Crippen molar-refractivity contribution in [2.75, 3.05) is 5.32 Å². The number of hydrogen-bond donors (Lipinski definition) is 2. The van der Waals surface area contributed by atoms with Crippen molar-refractivity contribution in [3.8, 4) is 5.82 Å². The van der Waals surface area contributed by atoms with Gasteiger partial charge in [0.05, 0.1) is 17.6 Å². The van der Waals surface area contributed by atoms with Gasteiger partial charge >= 0.3 is 5.69 Å². The van der Waals surface area contributed by atoms with Crippen molar-refractivity contribution in [1.29, 1.82) is 0 Å². The van der Waals surface area contributed by atoms with E-state index in [1.54, 1.807) is 16.8 Å². The first-order valence-electron chi connectivity index (χ1n) is 7.52. The summed E-state index contributed by atoms with van der Waals surface area (Å²) in [6, 6.07) is 6.56. The predicted molar refractivity (Wildman–Crippen MR) is 90.8 cm³/mol. The van der Waals surface area contributed by atoms with Crippen LogP contribution in [0.4, 0.5) is 5.69 Å². The Morgan fingerprint density at radius 1 is 1.24 bits per heavy atom. The molecule has 0 fully saturated rings. The van der Waals surface area contributed by atoms with Crippen LogP contribution in [0.3, 0.4) is 0 Å². The molecule has 0 aliphatic rings. The topological polar surface area (TPSA) is 115 Å². The van der Waals surface area contributed by atoms with Gasteiger partial charge in [-0.25, -0.2) is 14.5 Å². The van der Waals surface area contributed by atoms with E-state index in [1.165, 1.54) is 18.5 Å². The van der Waals surface area contributed by atoms with E-state index in [2.05, 4.69) is 20.4 Å². The summed E-state index contributed by atoms with van der Waals surface area (Å²) in [5.41, 5.74) is 1.20. The van der Waals surface area contributed by atoms with Gasteiger partial charge in [0.25, 0.3) is 5.56 Å². The van der Waals surface area contributed by atoms with E-state index in [-0.39, 0.29) is 6.54 Å². The van der Waals surface area contributed by atoms with Crippen LogP contribution in [0.25, 0.3) is 5.82 Å². The van der Waals surface area contributed by atoms with Crippen molar-refractivity contribution in [2.24, 2.45) is 0 Å². The van der Waals surface area contributed by atoms with Crippen LogP contribution in [0.1, 0.15) is 11.4 Å². The van der Waals surface area contributed by atoms with Crippen molar-refractivity contribution in [3.63, 3.8) is 0 Å². The molecule has 3 aromatic heterocycles. The van der Waals surface area contributed by atoms with E-state index in [4.69, 9.17) is 0 Å². The Morgan fingerprint density at radius 2 is 2.04 bits per heavy atom. The Bertz CT molecular complexity index is 1030. The van der Waals surface area contributed by atoms with E-state index in [0.29, 0.717) is 11.5 Å². The number of hydrogen-bond acceptors (Lipinski definition) is 5. The maximum atomic E-state index is 12.0. The summed E-state index contributed by atoms with van der Waals surface area (Å²) in [4.78, 5) is 41.0. The van der Waals surface area contributed by atoms with Gasteiger partial charge in [-0.2, -0.15) is 5.10 Å². The number of rotatable bonds is 4. The number of aromatic amines is 1. The Morgan fingerprint density at radius 3 is 2.64 bits per heavy atom. The number of aryl methyl sites for hydroxylation is 2. The molecule has 0 aliphatic heterocycles. The minimum Gasteiger partial charge on any atom is -0.323 e. The summed E-state index contributed by atoms with van der Waals surface area (Å²) in [5.74, 6) is 0.232. The summed E-state index contributed by atoms with van der Waals surface area (Å²) in [7, 11) is 0. The van der Waals surface area contributed by atoms with Crippen LogP contribution >= 0.6 is 0 Å². The lowest BCUT2D eigenvalue weighted by Gasteiger charge is -2.08. The van der Waals surface area contributed by atoms with Crippen molar-refractivity contribution < 1.29 is 4.79 Å². The first-order chi connectivity index (χ1) is 11.9. The van der Waals surface area contributed by atoms with Crippen LogP contribution in [0.15, 0.2) is 46.2 Å². The second kappa shape index (κ2) is 6.56. The molecule has 1 amide bonds. The molecule has 25 heavy (non-hydrogen) atoms. The van der Waals surface area contributed by atoms with E-state index in [1.807, 2.05) is 19.9 Å². The molecule has 0 aromatic carbocycles. The van der Waals surface area contributed by atoms with Gasteiger partial charge in [-0.05, 0) is 32.0 Å². The summed E-state index contributed by atoms with van der Waals surface area (Å²) >= 11 is 0. The fourth-order valence-electron chi connectivity index (χ4n) is 2.37. The quantitative estimate of drug-likeness (QED) is 0.712. The second-order valence-corrected chi connectivity index (χ2v) is 5.53. The van der Waals surface area contributed by atoms with Gasteiger partial charge in [-0.1, -0.05) is 0 Å². The fraction of sp³-hybridized carbons (Fsp3) is 0.188. The molecular formula is C16H16N6O3. The molecule has 0 atom stereocenters. The molecule has 9 nitrogen and oxygen atoms in total. The molecule has 0 radical (unpaired) electrons. The molecule has 3 heterocycles. The van der Waals surface area contributed by atoms with Gasteiger partial charge in [0.1, 0.15) is 6.54 Å². The highest BCUT2D eigenvalue weighted by Crippen LogP contribution is 2.12. The Labute approximate surface area is 142 Å². The van der Waals surface area contributed by atoms with Gasteiger partial charge in [0, 0.05) is 18.0 Å². The zero-order chi connectivity index (χ0) is 18.0. The smallest absolute Gasteiger partial charge is 0.323 e. The summed E-state index contributed by atoms with van der Waals surface area (Å²) in [5, 5.41) is 6.99. The highest BCUT2D eigenvalue weighted by Gasteiger charge is 2.08. The first-order valence-corrected chi connectivity index (χ1v) is 7.52. The second-order valence-electron chi connectivity index (χ2n) is 5.53. The average Bonchev–Trinajstić information content (AvgIpc) is 2.89. The van der Waals surface area contributed by atoms with Crippen LogP contribution in [-0.4, -0.2) is 30.2 Å². The van der Waals surface area contributed by atoms with Gasteiger partial charge in [-0.3, -0.25) is 19.1 Å². The normalized spacial score (nSPS) is 10.6. The van der Waals surface area contributed by atoms with Crippen LogP contribution in [0.2, 0.25) is 0 Å². The third kappa shape index (κ3) is 3.71. The number of anilines is 1. The van der Waals surface area contributed by atoms with Crippen molar-refractivity contribution in [3.05, 3.63) is 68.9 Å². The molecule has 2 N–H and O–H groups in total. The largest absolute Gasteiger partial charge is 0.328 e. The van der Waals surface area contributed by atoms with Crippen molar-refractivity contribution >= 4 is 11.6 Å². The third-order valence-corrected chi connectivity index (χ3v) is 3.47. The molecule has 0 bridgehead atoms. The molecule has 9 heteroatoms. The maximum Gasteiger partial charge on any atom is 0.328 e. The highest BCUT2D eigenvalue weighted by atomic mass is 16.2. The molecule has 0 aliphatic carbocycles. The molecular weight excluding hydrogens is 324 g/mol. The lowest BCUT2D eigenvalue weighted by molar-refractivity contribution is -0.116. The van der Waals surface area contributed by atoms with Gasteiger partial charge in [-0.15, -0.1) is 0 Å². The SMILES string of the molecule is Cc1cc(C)n(-c2ccc(NC(=O)Cn3ccc(=O)[nH]c3=O)cn2)n1. The molecule has 0 unspecified atom stereocenters. The maximum absolute atomic E-state index is 12.0. The van der Waals surface area contributed by atoms with Crippen LogP contribution < -0.4 is 16.6 Å². The number of pyridine rings is 1. The van der Waals surface area contributed by atoms with Crippen LogP contribution in [0, 0.1) is 13.8 Å². The van der Waals surface area contributed by atoms with Gasteiger partial charge in [0.15, 0.2) is 5.82 Å². The number of amides is 1. The summed E-state index contributed by atoms with van der Waals surface area (Å²) < 4.78 is 2.81. The molecule has 0 spiro atoms. The van der Waals surface area contributed by atoms with Crippen LogP contribution in [-0.2, 0) is 11.3 Å². The Hall–Kier alpha value is -3.49. The number of carbonyl (C=O) groups is 1. The Balaban J connectivity index is 1.71. The monoisotopic (exact) mass is 340 g/mol. The van der Waals surface area contributed by atoms with Gasteiger partial charge in [0.2, 0.25) is 5.91 Å². The summed E-state index contributed by atoms with van der Waals surface area (Å²) in [6.45, 7) is 3.62. The summed E-state index contributed by atoms with van der Waals surface area (Å²) in [6.07, 6.45) is 2.78. The third-order valence-electron chi connectivity index (χ3n) is 3.47. The number of nitrogens with zero attached hydrogens (tertiary/aromatic N) is 4. The van der Waals surface area contributed by atoms with Crippen molar-refractivity contribution in [2.45, 2.75) is 20.4 Å². The van der Waals surface area contributed by atoms with E-state index < -0.39 is 17.2 Å². The average molecular weight is 340 g/mol. The van der Waals surface area contributed by atoms with Crippen molar-refractivity contribution in [1.82, 2.24) is 24.3 Å². The minimum absolute atomic E-state index is 0.213. The molecule has 0 saturated carbocycles. The zero-order valence-corrected chi connectivity index (χ0v) is 13.7. The number of carbonyl (C=O) groups excluding carboxylic acids is 1. The zero-order valence-electron chi connectivity index (χ0n) is 13.7. The standard InChI is InChI=1S/C16H16N6O3/c1-10-7-11(2)22(20-10)13-4-3-12(8-17-13)18-15(24)9-21-6-5-14(23)19-16(21)25/h3-8H,9H2,1-2H3,(H,18,24)(H,19,23,25). The molecule has 128 valence electrons. The molecule has 3 rings (SSSR count). The van der Waals surface area contributed by atoms with Gasteiger partial charge < -0.3 is 5.32 Å². The molecule has 0 saturated heterocycles. The Kier molecular flexibility index (Phi) is 4.29. The minimum atomic E-state index is -0.638. The van der Waals surface area contributed by atoms with E-state index in [9.17, 15) is 14.4 Å². The molecule has 3 aromatic rings. The van der Waals surface area contributed by atoms with E-state index >= 15 is 0 Å². The lowest BCUT2D eigenvalue weighted by atomic mass is 10.3. The fourth-order valence-corrected chi connectivity index (χ4v) is 2.37. The van der Waals surface area contributed by atoms with Crippen LogP contribution in [0.5, 0.6) is 0 Å². The lowest BCUT2D eigenvalue weighted by Crippen LogP contribution is -2.32. The number of aromatic nitrogens is 5. The first kappa shape index (κ1) is 16.4.